The van der Waals surface area contributed by atoms with Crippen LogP contribution in [0.2, 0.25) is 0 Å². The molecule has 0 amide bonds. The van der Waals surface area contributed by atoms with Crippen LogP contribution in [-0.2, 0) is 13.1 Å². The van der Waals surface area contributed by atoms with Gasteiger partial charge in [-0.05, 0) is 39.7 Å². The van der Waals surface area contributed by atoms with Crippen molar-refractivity contribution in [2.45, 2.75) is 13.1 Å². The first-order valence-electron chi connectivity index (χ1n) is 6.07. The quantitative estimate of drug-likeness (QED) is 0.756. The highest BCUT2D eigenvalue weighted by molar-refractivity contribution is 9.10. The molecule has 4 nitrogen and oxygen atoms in total. The molecule has 0 spiro atoms. The summed E-state index contributed by atoms with van der Waals surface area (Å²) in [5.41, 5.74) is 1.05. The Kier molecular flexibility index (Phi) is 5.30. The van der Waals surface area contributed by atoms with Gasteiger partial charge >= 0.3 is 0 Å². The van der Waals surface area contributed by atoms with E-state index in [-0.39, 0.29) is 11.4 Å². The summed E-state index contributed by atoms with van der Waals surface area (Å²) in [6, 6.07) is 4.45. The van der Waals surface area contributed by atoms with Crippen LogP contribution in [0, 0.1) is 5.82 Å². The van der Waals surface area contributed by atoms with E-state index in [1.165, 1.54) is 16.8 Å². The lowest BCUT2D eigenvalue weighted by Gasteiger charge is -2.11. The lowest BCUT2D eigenvalue weighted by atomic mass is 10.2. The molecular formula is C14H12Br2FN3O. The van der Waals surface area contributed by atoms with Crippen molar-refractivity contribution < 1.29 is 4.39 Å². The predicted molar refractivity (Wildman–Crippen MR) is 87.8 cm³/mol. The van der Waals surface area contributed by atoms with Gasteiger partial charge in [0, 0.05) is 11.0 Å². The van der Waals surface area contributed by atoms with Gasteiger partial charge in [0.05, 0.1) is 18.4 Å². The van der Waals surface area contributed by atoms with Gasteiger partial charge in [-0.15, -0.1) is 6.58 Å². The second kappa shape index (κ2) is 7.00. The number of hydrogen-bond acceptors (Lipinski definition) is 3. The number of aromatic nitrogens is 2. The largest absolute Gasteiger partial charge is 0.379 e. The van der Waals surface area contributed by atoms with Gasteiger partial charge in [-0.1, -0.05) is 22.0 Å². The van der Waals surface area contributed by atoms with E-state index >= 15 is 0 Å². The van der Waals surface area contributed by atoms with E-state index in [1.54, 1.807) is 18.3 Å². The maximum atomic E-state index is 13.2. The van der Waals surface area contributed by atoms with E-state index in [0.29, 0.717) is 23.2 Å². The molecular weight excluding hydrogens is 405 g/mol. The number of nitrogens with one attached hydrogen (secondary N) is 1. The fourth-order valence-corrected chi connectivity index (χ4v) is 2.54. The van der Waals surface area contributed by atoms with Gasteiger partial charge < -0.3 is 5.32 Å². The van der Waals surface area contributed by atoms with Crippen molar-refractivity contribution >= 4 is 37.5 Å². The first-order chi connectivity index (χ1) is 10.0. The van der Waals surface area contributed by atoms with Gasteiger partial charge in [0.1, 0.15) is 10.3 Å². The van der Waals surface area contributed by atoms with Crippen LogP contribution >= 0.6 is 31.9 Å². The normalized spacial score (nSPS) is 10.4. The number of rotatable bonds is 5. The summed E-state index contributed by atoms with van der Waals surface area (Å²) in [6.07, 6.45) is 3.14. The van der Waals surface area contributed by atoms with Crippen molar-refractivity contribution in [3.63, 3.8) is 0 Å². The zero-order chi connectivity index (χ0) is 15.4. The van der Waals surface area contributed by atoms with Gasteiger partial charge in [-0.3, -0.25) is 4.79 Å². The molecule has 7 heteroatoms. The molecule has 0 atom stereocenters. The van der Waals surface area contributed by atoms with Crippen LogP contribution in [0.15, 0.2) is 50.8 Å². The Hall–Kier alpha value is -1.47. The third-order valence-electron chi connectivity index (χ3n) is 2.76. The minimum absolute atomic E-state index is 0.252. The average molecular weight is 417 g/mol. The summed E-state index contributed by atoms with van der Waals surface area (Å²) >= 11 is 6.61. The van der Waals surface area contributed by atoms with Crippen molar-refractivity contribution in [2.24, 2.45) is 0 Å². The Morgan fingerprint density at radius 2 is 2.19 bits per heavy atom. The summed E-state index contributed by atoms with van der Waals surface area (Å²) in [4.78, 5) is 12.0. The topological polar surface area (TPSA) is 46.9 Å². The Bertz CT molecular complexity index is 731. The van der Waals surface area contributed by atoms with E-state index in [9.17, 15) is 9.18 Å². The smallest absolute Gasteiger partial charge is 0.283 e. The summed E-state index contributed by atoms with van der Waals surface area (Å²) in [5, 5.41) is 7.10. The zero-order valence-corrected chi connectivity index (χ0v) is 14.1. The lowest BCUT2D eigenvalue weighted by Crippen LogP contribution is -2.23. The Morgan fingerprint density at radius 1 is 1.43 bits per heavy atom. The van der Waals surface area contributed by atoms with Crippen molar-refractivity contribution in [1.82, 2.24) is 9.78 Å². The van der Waals surface area contributed by atoms with Crippen LogP contribution in [-0.4, -0.2) is 9.78 Å². The van der Waals surface area contributed by atoms with Gasteiger partial charge in [-0.25, -0.2) is 9.07 Å². The van der Waals surface area contributed by atoms with Crippen LogP contribution in [0.5, 0.6) is 0 Å². The molecule has 0 unspecified atom stereocenters. The third kappa shape index (κ3) is 3.79. The monoisotopic (exact) mass is 415 g/mol. The fourth-order valence-electron chi connectivity index (χ4n) is 1.71. The van der Waals surface area contributed by atoms with Crippen LogP contribution in [0.3, 0.4) is 0 Å². The van der Waals surface area contributed by atoms with E-state index in [1.807, 2.05) is 0 Å². The van der Waals surface area contributed by atoms with E-state index in [0.717, 1.165) is 10.0 Å². The fraction of sp³-hybridized carbons (Fsp3) is 0.143. The highest BCUT2D eigenvalue weighted by atomic mass is 79.9. The molecule has 1 aromatic carbocycles. The van der Waals surface area contributed by atoms with Crippen molar-refractivity contribution in [2.75, 3.05) is 5.32 Å². The van der Waals surface area contributed by atoms with Crippen molar-refractivity contribution in [1.29, 1.82) is 0 Å². The Balaban J connectivity index is 2.21. The Labute approximate surface area is 137 Å². The standard InChI is InChI=1S/C14H12Br2FN3O/c1-2-5-20-14(21)13(16)12(8-19-20)18-7-9-6-10(17)3-4-11(9)15/h2-4,6,8,18H,1,5,7H2. The van der Waals surface area contributed by atoms with E-state index in [4.69, 9.17) is 0 Å². The summed E-state index contributed by atoms with van der Waals surface area (Å²) in [6.45, 7) is 4.28. The lowest BCUT2D eigenvalue weighted by molar-refractivity contribution is 0.625. The summed E-state index contributed by atoms with van der Waals surface area (Å²) < 4.78 is 15.7. The highest BCUT2D eigenvalue weighted by Gasteiger charge is 2.09. The van der Waals surface area contributed by atoms with Crippen molar-refractivity contribution in [3.05, 3.63) is 67.7 Å². The van der Waals surface area contributed by atoms with Crippen LogP contribution in [0.1, 0.15) is 5.56 Å². The minimum atomic E-state index is -0.311. The first kappa shape index (κ1) is 15.9. The Morgan fingerprint density at radius 3 is 2.90 bits per heavy atom. The van der Waals surface area contributed by atoms with Crippen LogP contribution in [0.4, 0.5) is 10.1 Å². The van der Waals surface area contributed by atoms with Gasteiger partial charge in [0.2, 0.25) is 0 Å². The first-order valence-corrected chi connectivity index (χ1v) is 7.66. The van der Waals surface area contributed by atoms with E-state index in [2.05, 4.69) is 48.9 Å². The molecule has 0 fully saturated rings. The minimum Gasteiger partial charge on any atom is -0.379 e. The molecule has 110 valence electrons. The molecule has 2 aromatic rings. The molecule has 1 N–H and O–H groups in total. The SMILES string of the molecule is C=CCn1ncc(NCc2cc(F)ccc2Br)c(Br)c1=O. The van der Waals surface area contributed by atoms with E-state index < -0.39 is 0 Å². The van der Waals surface area contributed by atoms with Gasteiger partial charge in [0.15, 0.2) is 0 Å². The molecule has 0 bridgehead atoms. The maximum Gasteiger partial charge on any atom is 0.283 e. The highest BCUT2D eigenvalue weighted by Crippen LogP contribution is 2.21. The second-order valence-corrected chi connectivity index (χ2v) is 5.88. The van der Waals surface area contributed by atoms with Crippen molar-refractivity contribution in [3.8, 4) is 0 Å². The molecule has 0 saturated carbocycles. The number of nitrogens with zero attached hydrogens (tertiary/aromatic N) is 2. The molecule has 0 aliphatic rings. The van der Waals surface area contributed by atoms with Crippen LogP contribution in [0.25, 0.3) is 0 Å². The molecule has 0 saturated heterocycles. The molecule has 1 heterocycles. The molecule has 0 aliphatic heterocycles. The number of hydrogen-bond donors (Lipinski definition) is 1. The average Bonchev–Trinajstić information content (AvgIpc) is 2.46. The number of halogens is 3. The number of anilines is 1. The third-order valence-corrected chi connectivity index (χ3v) is 4.30. The molecule has 21 heavy (non-hydrogen) atoms. The van der Waals surface area contributed by atoms with Gasteiger partial charge in [-0.2, -0.15) is 5.10 Å². The van der Waals surface area contributed by atoms with Gasteiger partial charge in [0.25, 0.3) is 5.56 Å². The summed E-state index contributed by atoms with van der Waals surface area (Å²) in [7, 11) is 0. The zero-order valence-electron chi connectivity index (χ0n) is 10.9. The second-order valence-electron chi connectivity index (χ2n) is 4.24. The number of allylic oxidation sites excluding steroid dienone is 1. The molecule has 0 aliphatic carbocycles. The molecule has 1 aromatic heterocycles. The molecule has 0 radical (unpaired) electrons. The van der Waals surface area contributed by atoms with Crippen LogP contribution < -0.4 is 10.9 Å². The maximum absolute atomic E-state index is 13.2. The predicted octanol–water partition coefficient (Wildman–Crippen LogP) is 3.71. The number of benzene rings is 1. The summed E-state index contributed by atoms with van der Waals surface area (Å²) in [5.74, 6) is -0.311. The molecule has 2 rings (SSSR count).